The van der Waals surface area contributed by atoms with Crippen molar-refractivity contribution in [3.63, 3.8) is 0 Å². The molecular formula is C14H19NO3S. The molecule has 0 amide bonds. The van der Waals surface area contributed by atoms with Crippen LogP contribution in [0.5, 0.6) is 0 Å². The Balaban J connectivity index is 2.30. The standard InChI is InChI=1S/C14H19NO3S/c1-8-7-9(2)15-13(12(8)14(17)18)19-11-6-4-3-5-10(11)16/h7,10-11,16H,3-6H2,1-2H3,(H,17,18). The van der Waals surface area contributed by atoms with Gasteiger partial charge in [0.1, 0.15) is 5.03 Å². The third-order valence-corrected chi connectivity index (χ3v) is 4.83. The van der Waals surface area contributed by atoms with E-state index in [4.69, 9.17) is 0 Å². The number of carboxylic acids is 1. The first-order valence-corrected chi connectivity index (χ1v) is 7.43. The Kier molecular flexibility index (Phi) is 4.47. The topological polar surface area (TPSA) is 70.4 Å². The first-order chi connectivity index (χ1) is 8.99. The number of hydrogen-bond acceptors (Lipinski definition) is 4. The third kappa shape index (κ3) is 3.28. The fraction of sp³-hybridized carbons (Fsp3) is 0.571. The molecule has 5 heteroatoms. The van der Waals surface area contributed by atoms with Gasteiger partial charge in [0.05, 0.1) is 11.7 Å². The van der Waals surface area contributed by atoms with Crippen molar-refractivity contribution < 1.29 is 15.0 Å². The second-order valence-corrected chi connectivity index (χ2v) is 6.30. The second-order valence-electron chi connectivity index (χ2n) is 5.07. The lowest BCUT2D eigenvalue weighted by molar-refractivity contribution is 0.0691. The van der Waals surface area contributed by atoms with Crippen molar-refractivity contribution in [1.29, 1.82) is 0 Å². The number of aliphatic hydroxyl groups is 1. The zero-order valence-corrected chi connectivity index (χ0v) is 12.0. The molecule has 0 spiro atoms. The summed E-state index contributed by atoms with van der Waals surface area (Å²) >= 11 is 1.41. The predicted octanol–water partition coefficient (Wildman–Crippen LogP) is 2.79. The molecule has 1 heterocycles. The van der Waals surface area contributed by atoms with Crippen LogP contribution in [-0.4, -0.2) is 32.5 Å². The number of carbonyl (C=O) groups is 1. The van der Waals surface area contributed by atoms with Crippen molar-refractivity contribution in [2.24, 2.45) is 0 Å². The van der Waals surface area contributed by atoms with Crippen molar-refractivity contribution in [1.82, 2.24) is 4.98 Å². The number of carboxylic acid groups (broad SMARTS) is 1. The number of thioether (sulfide) groups is 1. The number of hydrogen-bond donors (Lipinski definition) is 2. The molecule has 19 heavy (non-hydrogen) atoms. The Bertz CT molecular complexity index is 490. The third-order valence-electron chi connectivity index (χ3n) is 3.46. The second kappa shape index (κ2) is 5.92. The summed E-state index contributed by atoms with van der Waals surface area (Å²) < 4.78 is 0. The van der Waals surface area contributed by atoms with Crippen LogP contribution in [0.25, 0.3) is 0 Å². The van der Waals surface area contributed by atoms with E-state index in [1.165, 1.54) is 11.8 Å². The SMILES string of the molecule is Cc1cc(C)c(C(=O)O)c(SC2CCCCC2O)n1. The minimum absolute atomic E-state index is 0.0561. The highest BCUT2D eigenvalue weighted by atomic mass is 32.2. The lowest BCUT2D eigenvalue weighted by Gasteiger charge is -2.27. The lowest BCUT2D eigenvalue weighted by Crippen LogP contribution is -2.27. The Hall–Kier alpha value is -1.07. The molecule has 0 bridgehead atoms. The summed E-state index contributed by atoms with van der Waals surface area (Å²) in [4.78, 5) is 15.7. The van der Waals surface area contributed by atoms with Gasteiger partial charge in [-0.2, -0.15) is 0 Å². The minimum Gasteiger partial charge on any atom is -0.478 e. The number of pyridine rings is 1. The normalized spacial score (nSPS) is 23.3. The van der Waals surface area contributed by atoms with E-state index < -0.39 is 5.97 Å². The zero-order chi connectivity index (χ0) is 14.0. The molecule has 0 aromatic carbocycles. The molecule has 2 atom stereocenters. The van der Waals surface area contributed by atoms with Crippen molar-refractivity contribution in [3.05, 3.63) is 22.9 Å². The fourth-order valence-corrected chi connectivity index (χ4v) is 3.93. The largest absolute Gasteiger partial charge is 0.478 e. The molecule has 0 radical (unpaired) electrons. The van der Waals surface area contributed by atoms with Crippen LogP contribution in [-0.2, 0) is 0 Å². The molecule has 1 aliphatic carbocycles. The van der Waals surface area contributed by atoms with Gasteiger partial charge in [-0.1, -0.05) is 24.6 Å². The van der Waals surface area contributed by atoms with Crippen molar-refractivity contribution in [3.8, 4) is 0 Å². The first kappa shape index (κ1) is 14.3. The molecule has 104 valence electrons. The van der Waals surface area contributed by atoms with Crippen molar-refractivity contribution in [2.45, 2.75) is 55.9 Å². The van der Waals surface area contributed by atoms with Crippen molar-refractivity contribution >= 4 is 17.7 Å². The quantitative estimate of drug-likeness (QED) is 0.891. The van der Waals surface area contributed by atoms with Gasteiger partial charge < -0.3 is 10.2 Å². The van der Waals surface area contributed by atoms with E-state index in [-0.39, 0.29) is 16.9 Å². The molecule has 2 rings (SSSR count). The highest BCUT2D eigenvalue weighted by Crippen LogP contribution is 2.35. The first-order valence-electron chi connectivity index (χ1n) is 6.55. The number of aliphatic hydroxyl groups excluding tert-OH is 1. The maximum absolute atomic E-state index is 11.4. The highest BCUT2D eigenvalue weighted by molar-refractivity contribution is 8.00. The van der Waals surface area contributed by atoms with E-state index in [2.05, 4.69) is 4.98 Å². The molecule has 0 aliphatic heterocycles. The van der Waals surface area contributed by atoms with Crippen LogP contribution in [0.2, 0.25) is 0 Å². The molecule has 2 N–H and O–H groups in total. The summed E-state index contributed by atoms with van der Waals surface area (Å²) in [5.74, 6) is -0.946. The van der Waals surface area contributed by atoms with Gasteiger partial charge in [0, 0.05) is 10.9 Å². The molecule has 1 saturated carbocycles. The van der Waals surface area contributed by atoms with E-state index >= 15 is 0 Å². The van der Waals surface area contributed by atoms with Crippen LogP contribution in [0.15, 0.2) is 11.1 Å². The molecule has 1 aromatic rings. The zero-order valence-electron chi connectivity index (χ0n) is 11.2. The summed E-state index contributed by atoms with van der Waals surface area (Å²) in [6.45, 7) is 3.65. The molecular weight excluding hydrogens is 262 g/mol. The van der Waals surface area contributed by atoms with Gasteiger partial charge in [-0.25, -0.2) is 9.78 Å². The molecule has 1 aliphatic rings. The van der Waals surface area contributed by atoms with Crippen LogP contribution < -0.4 is 0 Å². The van der Waals surface area contributed by atoms with E-state index in [9.17, 15) is 15.0 Å². The average molecular weight is 281 g/mol. The van der Waals surface area contributed by atoms with Gasteiger partial charge in [-0.15, -0.1) is 0 Å². The van der Waals surface area contributed by atoms with E-state index in [1.807, 2.05) is 6.92 Å². The average Bonchev–Trinajstić information content (AvgIpc) is 2.30. The van der Waals surface area contributed by atoms with E-state index in [0.29, 0.717) is 5.03 Å². The highest BCUT2D eigenvalue weighted by Gasteiger charge is 2.27. The van der Waals surface area contributed by atoms with E-state index in [1.54, 1.807) is 13.0 Å². The van der Waals surface area contributed by atoms with Gasteiger partial charge in [0.25, 0.3) is 0 Å². The smallest absolute Gasteiger partial charge is 0.338 e. The fourth-order valence-electron chi connectivity index (χ4n) is 2.51. The molecule has 1 fully saturated rings. The number of aryl methyl sites for hydroxylation is 2. The summed E-state index contributed by atoms with van der Waals surface area (Å²) in [7, 11) is 0. The maximum atomic E-state index is 11.4. The minimum atomic E-state index is -0.946. The Morgan fingerprint density at radius 1 is 1.37 bits per heavy atom. The predicted molar refractivity (Wildman–Crippen MR) is 74.8 cm³/mol. The summed E-state index contributed by atoms with van der Waals surface area (Å²) in [5.41, 5.74) is 1.82. The van der Waals surface area contributed by atoms with E-state index in [0.717, 1.165) is 36.9 Å². The van der Waals surface area contributed by atoms with Gasteiger partial charge >= 0.3 is 5.97 Å². The summed E-state index contributed by atoms with van der Waals surface area (Å²) in [6, 6.07) is 1.78. The van der Waals surface area contributed by atoms with Crippen LogP contribution in [0.4, 0.5) is 0 Å². The Morgan fingerprint density at radius 3 is 2.68 bits per heavy atom. The molecule has 0 saturated heterocycles. The Labute approximate surface area is 117 Å². The number of aromatic carboxylic acids is 1. The van der Waals surface area contributed by atoms with Gasteiger partial charge in [0.2, 0.25) is 0 Å². The van der Waals surface area contributed by atoms with Crippen LogP contribution in [0, 0.1) is 13.8 Å². The molecule has 2 unspecified atom stereocenters. The van der Waals surface area contributed by atoms with Crippen molar-refractivity contribution in [2.75, 3.05) is 0 Å². The number of nitrogens with zero attached hydrogens (tertiary/aromatic N) is 1. The van der Waals surface area contributed by atoms with Gasteiger partial charge in [0.15, 0.2) is 0 Å². The maximum Gasteiger partial charge on any atom is 0.338 e. The van der Waals surface area contributed by atoms with Crippen LogP contribution in [0.3, 0.4) is 0 Å². The summed E-state index contributed by atoms with van der Waals surface area (Å²) in [6.07, 6.45) is 3.49. The monoisotopic (exact) mass is 281 g/mol. The summed E-state index contributed by atoms with van der Waals surface area (Å²) in [5, 5.41) is 19.9. The van der Waals surface area contributed by atoms with Crippen LogP contribution >= 0.6 is 11.8 Å². The van der Waals surface area contributed by atoms with Gasteiger partial charge in [-0.05, 0) is 38.3 Å². The molecule has 4 nitrogen and oxygen atoms in total. The lowest BCUT2D eigenvalue weighted by atomic mass is 9.97. The Morgan fingerprint density at radius 2 is 2.05 bits per heavy atom. The number of aromatic nitrogens is 1. The molecule has 1 aromatic heterocycles. The van der Waals surface area contributed by atoms with Crippen LogP contribution in [0.1, 0.15) is 47.3 Å². The number of rotatable bonds is 3. The van der Waals surface area contributed by atoms with Gasteiger partial charge in [-0.3, -0.25) is 0 Å².